The summed E-state index contributed by atoms with van der Waals surface area (Å²) in [6.07, 6.45) is -4.30. The monoisotopic (exact) mass is 282 g/mol. The number of fused-ring (bicyclic) bond motifs is 1. The van der Waals surface area contributed by atoms with E-state index in [1.165, 1.54) is 0 Å². The topological polar surface area (TPSA) is 33.6 Å². The van der Waals surface area contributed by atoms with Gasteiger partial charge in [0.25, 0.3) is 0 Å². The van der Waals surface area contributed by atoms with Crippen LogP contribution in [0, 0.1) is 0 Å². The van der Waals surface area contributed by atoms with Crippen molar-refractivity contribution in [1.82, 2.24) is 5.32 Å². The van der Waals surface area contributed by atoms with Crippen LogP contribution < -0.4 is 5.32 Å². The number of aliphatic imine (C=N–C) groups is 1. The first-order chi connectivity index (χ1) is 9.55. The quantitative estimate of drug-likeness (QED) is 0.859. The van der Waals surface area contributed by atoms with Gasteiger partial charge in [-0.1, -0.05) is 30.3 Å². The van der Waals surface area contributed by atoms with E-state index >= 15 is 0 Å². The van der Waals surface area contributed by atoms with E-state index in [9.17, 15) is 13.2 Å². The van der Waals surface area contributed by atoms with Gasteiger partial charge in [0.15, 0.2) is 6.23 Å². The molecule has 0 saturated carbocycles. The lowest BCUT2D eigenvalue weighted by atomic mass is 10.0. The average molecular weight is 282 g/mol. The van der Waals surface area contributed by atoms with Gasteiger partial charge in [-0.3, -0.25) is 0 Å². The van der Waals surface area contributed by atoms with E-state index in [0.29, 0.717) is 25.0 Å². The van der Waals surface area contributed by atoms with Crippen LogP contribution in [-0.4, -0.2) is 24.8 Å². The molecule has 20 heavy (non-hydrogen) atoms. The Morgan fingerprint density at radius 3 is 2.65 bits per heavy atom. The normalized spacial score (nSPS) is 22.9. The predicted octanol–water partition coefficient (Wildman–Crippen LogP) is 2.99. The minimum atomic E-state index is -4.43. The molecule has 1 atom stereocenters. The van der Waals surface area contributed by atoms with Crippen LogP contribution in [0.25, 0.3) is 0 Å². The summed E-state index contributed by atoms with van der Waals surface area (Å²) in [6.45, 7) is 0.435. The third kappa shape index (κ3) is 2.43. The summed E-state index contributed by atoms with van der Waals surface area (Å²) in [5, 5.41) is 2.43. The molecule has 3 nitrogen and oxygen atoms in total. The molecule has 106 valence electrons. The molecule has 1 unspecified atom stereocenters. The maximum atomic E-state index is 13.2. The number of benzene rings is 1. The fraction of sp³-hybridized carbons (Fsp3) is 0.357. The minimum Gasteiger partial charge on any atom is -0.352 e. The molecule has 0 aliphatic carbocycles. The number of amidine groups is 1. The fourth-order valence-electron chi connectivity index (χ4n) is 2.39. The number of ether oxygens (including phenoxy) is 1. The van der Waals surface area contributed by atoms with Gasteiger partial charge in [0.05, 0.1) is 0 Å². The molecule has 1 saturated heterocycles. The SMILES string of the molecule is FC(F)(F)C1=C2CCCOC2N=C(c2ccccc2)N1. The van der Waals surface area contributed by atoms with Crippen molar-refractivity contribution in [3.05, 3.63) is 47.2 Å². The number of hydrogen-bond donors (Lipinski definition) is 1. The highest BCUT2D eigenvalue weighted by Crippen LogP contribution is 2.35. The molecule has 1 aromatic carbocycles. The summed E-state index contributed by atoms with van der Waals surface area (Å²) in [4.78, 5) is 4.26. The van der Waals surface area contributed by atoms with Crippen LogP contribution in [0.1, 0.15) is 18.4 Å². The van der Waals surface area contributed by atoms with Gasteiger partial charge >= 0.3 is 6.18 Å². The average Bonchev–Trinajstić information content (AvgIpc) is 2.46. The Labute approximate surface area is 114 Å². The van der Waals surface area contributed by atoms with Crippen LogP contribution in [0.5, 0.6) is 0 Å². The van der Waals surface area contributed by atoms with Crippen molar-refractivity contribution in [3.8, 4) is 0 Å². The van der Waals surface area contributed by atoms with Crippen LogP contribution in [0.2, 0.25) is 0 Å². The second-order valence-electron chi connectivity index (χ2n) is 4.69. The Morgan fingerprint density at radius 1 is 1.20 bits per heavy atom. The summed E-state index contributed by atoms with van der Waals surface area (Å²) in [5.74, 6) is 0.202. The van der Waals surface area contributed by atoms with Crippen molar-refractivity contribution < 1.29 is 17.9 Å². The number of allylic oxidation sites excluding steroid dienone is 1. The molecule has 2 aliphatic heterocycles. The summed E-state index contributed by atoms with van der Waals surface area (Å²) < 4.78 is 44.9. The van der Waals surface area contributed by atoms with Gasteiger partial charge < -0.3 is 10.1 Å². The summed E-state index contributed by atoms with van der Waals surface area (Å²) in [7, 11) is 0. The fourth-order valence-corrected chi connectivity index (χ4v) is 2.39. The highest BCUT2D eigenvalue weighted by Gasteiger charge is 2.42. The Bertz CT molecular complexity index is 564. The molecule has 3 rings (SSSR count). The summed E-state index contributed by atoms with van der Waals surface area (Å²) >= 11 is 0. The number of nitrogens with zero attached hydrogens (tertiary/aromatic N) is 1. The molecule has 1 fully saturated rings. The molecular formula is C14H13F3N2O. The molecule has 1 aromatic rings. The Balaban J connectivity index is 2.00. The Kier molecular flexibility index (Phi) is 3.25. The van der Waals surface area contributed by atoms with Crippen molar-refractivity contribution in [2.24, 2.45) is 4.99 Å². The molecule has 6 heteroatoms. The first kappa shape index (κ1) is 13.2. The van der Waals surface area contributed by atoms with E-state index in [-0.39, 0.29) is 11.4 Å². The third-order valence-electron chi connectivity index (χ3n) is 3.31. The third-order valence-corrected chi connectivity index (χ3v) is 3.31. The van der Waals surface area contributed by atoms with E-state index < -0.39 is 18.1 Å². The van der Waals surface area contributed by atoms with Crippen molar-refractivity contribution in [3.63, 3.8) is 0 Å². The highest BCUT2D eigenvalue weighted by molar-refractivity contribution is 6.00. The molecule has 0 bridgehead atoms. The van der Waals surface area contributed by atoms with Gasteiger partial charge in [-0.25, -0.2) is 4.99 Å². The molecule has 0 aromatic heterocycles. The van der Waals surface area contributed by atoms with Crippen LogP contribution >= 0.6 is 0 Å². The largest absolute Gasteiger partial charge is 0.431 e. The van der Waals surface area contributed by atoms with Gasteiger partial charge in [0.2, 0.25) is 0 Å². The van der Waals surface area contributed by atoms with E-state index in [2.05, 4.69) is 10.3 Å². The molecular weight excluding hydrogens is 269 g/mol. The summed E-state index contributed by atoms with van der Waals surface area (Å²) in [5.41, 5.74) is 0.0851. The zero-order chi connectivity index (χ0) is 14.2. The molecule has 2 heterocycles. The van der Waals surface area contributed by atoms with Crippen LogP contribution in [-0.2, 0) is 4.74 Å². The maximum Gasteiger partial charge on any atom is 0.431 e. The van der Waals surface area contributed by atoms with Crippen molar-refractivity contribution in [2.45, 2.75) is 25.2 Å². The van der Waals surface area contributed by atoms with Crippen LogP contribution in [0.3, 0.4) is 0 Å². The number of halogens is 3. The lowest BCUT2D eigenvalue weighted by Gasteiger charge is -2.32. The molecule has 0 spiro atoms. The molecule has 2 aliphatic rings. The first-order valence-electron chi connectivity index (χ1n) is 6.38. The lowest BCUT2D eigenvalue weighted by molar-refractivity contribution is -0.0989. The summed E-state index contributed by atoms with van der Waals surface area (Å²) in [6, 6.07) is 8.75. The number of rotatable bonds is 1. The van der Waals surface area contributed by atoms with E-state index in [4.69, 9.17) is 4.74 Å². The van der Waals surface area contributed by atoms with E-state index in [1.54, 1.807) is 30.3 Å². The zero-order valence-electron chi connectivity index (χ0n) is 10.6. The van der Waals surface area contributed by atoms with E-state index in [0.717, 1.165) is 0 Å². The number of alkyl halides is 3. The second-order valence-corrected chi connectivity index (χ2v) is 4.69. The standard InChI is InChI=1S/C14H13F3N2O/c15-14(16,17)11-10-7-4-8-20-13(10)19-12(18-11)9-5-2-1-3-6-9/h1-3,5-6,13H,4,7-8H2,(H,18,19). The lowest BCUT2D eigenvalue weighted by Crippen LogP contribution is -2.41. The van der Waals surface area contributed by atoms with Gasteiger partial charge in [-0.05, 0) is 12.8 Å². The molecule has 0 radical (unpaired) electrons. The smallest absolute Gasteiger partial charge is 0.352 e. The Hall–Kier alpha value is -1.82. The number of nitrogens with one attached hydrogen (secondary N) is 1. The first-order valence-corrected chi connectivity index (χ1v) is 6.38. The maximum absolute atomic E-state index is 13.2. The van der Waals surface area contributed by atoms with Crippen molar-refractivity contribution in [1.29, 1.82) is 0 Å². The van der Waals surface area contributed by atoms with Crippen molar-refractivity contribution >= 4 is 5.84 Å². The minimum absolute atomic E-state index is 0.198. The van der Waals surface area contributed by atoms with Gasteiger partial charge in [0, 0.05) is 17.7 Å². The number of hydrogen-bond acceptors (Lipinski definition) is 3. The van der Waals surface area contributed by atoms with Crippen molar-refractivity contribution in [2.75, 3.05) is 6.61 Å². The molecule has 0 amide bonds. The van der Waals surface area contributed by atoms with Crippen LogP contribution in [0.4, 0.5) is 13.2 Å². The highest BCUT2D eigenvalue weighted by atomic mass is 19.4. The second kappa shape index (κ2) is 4.94. The van der Waals surface area contributed by atoms with Gasteiger partial charge in [-0.2, -0.15) is 13.2 Å². The zero-order valence-corrected chi connectivity index (χ0v) is 10.6. The predicted molar refractivity (Wildman–Crippen MR) is 68.2 cm³/mol. The van der Waals surface area contributed by atoms with Gasteiger partial charge in [-0.15, -0.1) is 0 Å². The Morgan fingerprint density at radius 2 is 1.95 bits per heavy atom. The molecule has 1 N–H and O–H groups in total. The van der Waals surface area contributed by atoms with Crippen LogP contribution in [0.15, 0.2) is 46.6 Å². The van der Waals surface area contributed by atoms with E-state index in [1.807, 2.05) is 0 Å². The van der Waals surface area contributed by atoms with Gasteiger partial charge in [0.1, 0.15) is 11.5 Å².